The van der Waals surface area contributed by atoms with E-state index in [4.69, 9.17) is 14.2 Å². The van der Waals surface area contributed by atoms with E-state index < -0.39 is 12.6 Å². The summed E-state index contributed by atoms with van der Waals surface area (Å²) in [6.45, 7) is 0. The summed E-state index contributed by atoms with van der Waals surface area (Å²) in [6.07, 6.45) is 21.0. The summed E-state index contributed by atoms with van der Waals surface area (Å²) in [6, 6.07) is 0. The summed E-state index contributed by atoms with van der Waals surface area (Å²) in [7, 11) is 3.23. The number of carbonyl (C=O) groups is 2. The molecule has 0 heterocycles. The number of hydrogen-bond donors (Lipinski definition) is 0. The van der Waals surface area contributed by atoms with Crippen LogP contribution in [0.25, 0.3) is 0 Å². The Morgan fingerprint density at radius 3 is 1.30 bits per heavy atom. The summed E-state index contributed by atoms with van der Waals surface area (Å²) in [5.41, 5.74) is 0. The molecule has 156 valence electrons. The Morgan fingerprint density at radius 1 is 0.593 bits per heavy atom. The first kappa shape index (κ1) is 25.7. The summed E-state index contributed by atoms with van der Waals surface area (Å²) in [5, 5.41) is 0. The Kier molecular flexibility index (Phi) is 20.0. The first-order valence-electron chi connectivity index (χ1n) is 10.2. The molecule has 0 fully saturated rings. The number of methoxy groups -OCH3 is 2. The molecule has 27 heavy (non-hydrogen) atoms. The predicted molar refractivity (Wildman–Crippen MR) is 108 cm³/mol. The van der Waals surface area contributed by atoms with Crippen LogP contribution in [0.5, 0.6) is 0 Å². The molecule has 0 N–H and O–H groups in total. The molecule has 2 unspecified atom stereocenters. The molecule has 0 aliphatic heterocycles. The van der Waals surface area contributed by atoms with E-state index in [2.05, 4.69) is 12.2 Å². The van der Waals surface area contributed by atoms with E-state index in [1.54, 1.807) is 14.2 Å². The van der Waals surface area contributed by atoms with Crippen LogP contribution >= 0.6 is 0 Å². The highest BCUT2D eigenvalue weighted by Gasteiger charge is 2.10. The Labute approximate surface area is 165 Å². The van der Waals surface area contributed by atoms with Crippen LogP contribution in [0.4, 0.5) is 0 Å². The Bertz CT molecular complexity index is 356. The molecule has 0 aliphatic carbocycles. The van der Waals surface area contributed by atoms with E-state index in [0.29, 0.717) is 12.8 Å². The second-order valence-corrected chi connectivity index (χ2v) is 6.52. The van der Waals surface area contributed by atoms with Gasteiger partial charge in [-0.15, -0.1) is 0 Å². The SMILES string of the molecule is COC(C=CCCCCCCC=O)OC(C=CCCCCCCC=O)OC. The van der Waals surface area contributed by atoms with Crippen molar-refractivity contribution in [1.82, 2.24) is 0 Å². The molecule has 0 aromatic carbocycles. The molecule has 0 bridgehead atoms. The lowest BCUT2D eigenvalue weighted by molar-refractivity contribution is -0.188. The Balaban J connectivity index is 3.92. The quantitative estimate of drug-likeness (QED) is 0.126. The molecular weight excluding hydrogens is 344 g/mol. The van der Waals surface area contributed by atoms with Crippen LogP contribution in [0, 0.1) is 0 Å². The average molecular weight is 383 g/mol. The van der Waals surface area contributed by atoms with Gasteiger partial charge in [0.15, 0.2) is 12.6 Å². The monoisotopic (exact) mass is 382 g/mol. The molecule has 0 aliphatic rings. The van der Waals surface area contributed by atoms with Gasteiger partial charge in [0.2, 0.25) is 0 Å². The number of carbonyl (C=O) groups excluding carboxylic acids is 2. The van der Waals surface area contributed by atoms with Crippen molar-refractivity contribution in [2.24, 2.45) is 0 Å². The molecule has 5 nitrogen and oxygen atoms in total. The van der Waals surface area contributed by atoms with E-state index in [1.807, 2.05) is 12.2 Å². The predicted octanol–water partition coefficient (Wildman–Crippen LogP) is 5.14. The lowest BCUT2D eigenvalue weighted by Crippen LogP contribution is -2.22. The third kappa shape index (κ3) is 17.9. The number of ether oxygens (including phenoxy) is 3. The second-order valence-electron chi connectivity index (χ2n) is 6.52. The first-order chi connectivity index (χ1) is 13.3. The normalized spacial score (nSPS) is 14.0. The van der Waals surface area contributed by atoms with Gasteiger partial charge in [-0.3, -0.25) is 0 Å². The minimum absolute atomic E-state index is 0.432. The van der Waals surface area contributed by atoms with Crippen molar-refractivity contribution in [2.45, 2.75) is 89.6 Å². The smallest absolute Gasteiger partial charge is 0.179 e. The fraction of sp³-hybridized carbons (Fsp3) is 0.727. The summed E-state index contributed by atoms with van der Waals surface area (Å²) in [4.78, 5) is 20.5. The molecule has 0 saturated heterocycles. The van der Waals surface area contributed by atoms with E-state index in [-0.39, 0.29) is 0 Å². The average Bonchev–Trinajstić information content (AvgIpc) is 2.69. The van der Waals surface area contributed by atoms with Crippen LogP contribution in [0.3, 0.4) is 0 Å². The number of rotatable bonds is 20. The minimum Gasteiger partial charge on any atom is -0.352 e. The standard InChI is InChI=1S/C22H38O5/c1-25-21(17-13-9-5-3-7-11-15-19-23)27-22(26-2)18-14-10-6-4-8-12-16-20-24/h13-14,17-22H,3-12,15-16H2,1-2H3. The van der Waals surface area contributed by atoms with Gasteiger partial charge in [0.25, 0.3) is 0 Å². The van der Waals surface area contributed by atoms with E-state index in [0.717, 1.165) is 76.8 Å². The van der Waals surface area contributed by atoms with Crippen molar-refractivity contribution in [1.29, 1.82) is 0 Å². The maximum atomic E-state index is 10.2. The maximum absolute atomic E-state index is 10.2. The van der Waals surface area contributed by atoms with Gasteiger partial charge in [-0.2, -0.15) is 0 Å². The zero-order chi connectivity index (χ0) is 20.0. The van der Waals surface area contributed by atoms with Crippen LogP contribution in [0.1, 0.15) is 77.0 Å². The fourth-order valence-corrected chi connectivity index (χ4v) is 2.59. The Morgan fingerprint density at radius 2 is 0.963 bits per heavy atom. The highest BCUT2D eigenvalue weighted by molar-refractivity contribution is 5.49. The number of allylic oxidation sites excluding steroid dienone is 2. The van der Waals surface area contributed by atoms with Crippen molar-refractivity contribution in [3.05, 3.63) is 24.3 Å². The van der Waals surface area contributed by atoms with Gasteiger partial charge in [-0.1, -0.05) is 37.8 Å². The molecule has 0 saturated carbocycles. The topological polar surface area (TPSA) is 61.8 Å². The molecule has 0 amide bonds. The molecule has 5 heteroatoms. The van der Waals surface area contributed by atoms with Gasteiger partial charge in [0, 0.05) is 27.1 Å². The van der Waals surface area contributed by atoms with Crippen LogP contribution < -0.4 is 0 Å². The minimum atomic E-state index is -0.432. The fourth-order valence-electron chi connectivity index (χ4n) is 2.59. The van der Waals surface area contributed by atoms with E-state index >= 15 is 0 Å². The van der Waals surface area contributed by atoms with Gasteiger partial charge in [-0.25, -0.2) is 0 Å². The highest BCUT2D eigenvalue weighted by atomic mass is 16.8. The molecule has 0 rings (SSSR count). The van der Waals surface area contributed by atoms with Gasteiger partial charge >= 0.3 is 0 Å². The first-order valence-corrected chi connectivity index (χ1v) is 10.2. The van der Waals surface area contributed by atoms with Crippen LogP contribution in [0.2, 0.25) is 0 Å². The molecule has 2 atom stereocenters. The molecular formula is C22H38O5. The van der Waals surface area contributed by atoms with Gasteiger partial charge < -0.3 is 23.8 Å². The zero-order valence-corrected chi connectivity index (χ0v) is 17.1. The van der Waals surface area contributed by atoms with Gasteiger partial charge in [0.1, 0.15) is 12.6 Å². The summed E-state index contributed by atoms with van der Waals surface area (Å²) in [5.74, 6) is 0. The van der Waals surface area contributed by atoms with Crippen molar-refractivity contribution in [2.75, 3.05) is 14.2 Å². The van der Waals surface area contributed by atoms with Crippen LogP contribution in [0.15, 0.2) is 24.3 Å². The molecule has 0 radical (unpaired) electrons. The van der Waals surface area contributed by atoms with E-state index in [9.17, 15) is 9.59 Å². The largest absolute Gasteiger partial charge is 0.352 e. The van der Waals surface area contributed by atoms with Crippen LogP contribution in [-0.4, -0.2) is 39.4 Å². The van der Waals surface area contributed by atoms with Crippen molar-refractivity contribution >= 4 is 12.6 Å². The van der Waals surface area contributed by atoms with Gasteiger partial charge in [-0.05, 0) is 50.7 Å². The third-order valence-corrected chi connectivity index (χ3v) is 4.20. The van der Waals surface area contributed by atoms with E-state index in [1.165, 1.54) is 0 Å². The highest BCUT2D eigenvalue weighted by Crippen LogP contribution is 2.10. The third-order valence-electron chi connectivity index (χ3n) is 4.20. The van der Waals surface area contributed by atoms with Crippen molar-refractivity contribution < 1.29 is 23.8 Å². The van der Waals surface area contributed by atoms with Gasteiger partial charge in [0.05, 0.1) is 0 Å². The molecule has 0 spiro atoms. The number of unbranched alkanes of at least 4 members (excludes halogenated alkanes) is 10. The summed E-state index contributed by atoms with van der Waals surface area (Å²) < 4.78 is 16.4. The van der Waals surface area contributed by atoms with Crippen molar-refractivity contribution in [3.63, 3.8) is 0 Å². The molecule has 0 aromatic rings. The number of hydrogen-bond acceptors (Lipinski definition) is 5. The Hall–Kier alpha value is -1.30. The summed E-state index contributed by atoms with van der Waals surface area (Å²) >= 11 is 0. The molecule has 0 aromatic heterocycles. The van der Waals surface area contributed by atoms with Crippen molar-refractivity contribution in [3.8, 4) is 0 Å². The number of aldehydes is 2. The lowest BCUT2D eigenvalue weighted by atomic mass is 10.1. The van der Waals surface area contributed by atoms with Crippen LogP contribution in [-0.2, 0) is 23.8 Å². The second kappa shape index (κ2) is 21.0. The lowest BCUT2D eigenvalue weighted by Gasteiger charge is -2.18. The zero-order valence-electron chi connectivity index (χ0n) is 17.1. The maximum Gasteiger partial charge on any atom is 0.179 e.